The zero-order chi connectivity index (χ0) is 66.8. The molecule has 0 aliphatic carbocycles. The lowest BCUT2D eigenvalue weighted by Gasteiger charge is -2.21. The van der Waals surface area contributed by atoms with Gasteiger partial charge in [-0.2, -0.15) is 0 Å². The third-order valence-electron chi connectivity index (χ3n) is 17.0. The molecule has 90 heavy (non-hydrogen) atoms. The van der Waals surface area contributed by atoms with Crippen molar-refractivity contribution in [2.75, 3.05) is 39.6 Å². The first-order valence-corrected chi connectivity index (χ1v) is 39.8. The van der Waals surface area contributed by atoms with Crippen LogP contribution < -0.4 is 0 Å². The minimum Gasteiger partial charge on any atom is -0.462 e. The summed E-state index contributed by atoms with van der Waals surface area (Å²) in [5.41, 5.74) is 0. The molecule has 0 spiro atoms. The van der Waals surface area contributed by atoms with Gasteiger partial charge in [0.15, 0.2) is 12.2 Å². The average molecular weight is 1330 g/mol. The zero-order valence-electron chi connectivity index (χ0n) is 58.8. The van der Waals surface area contributed by atoms with E-state index >= 15 is 0 Å². The molecule has 17 nitrogen and oxygen atoms in total. The molecule has 0 fully saturated rings. The molecule has 0 bridgehead atoms. The molecule has 3 N–H and O–H groups in total. The first kappa shape index (κ1) is 88.1. The van der Waals surface area contributed by atoms with Crippen LogP contribution in [0.3, 0.4) is 0 Å². The van der Waals surface area contributed by atoms with Gasteiger partial charge in [0, 0.05) is 25.7 Å². The number of phosphoric ester groups is 2. The number of phosphoric acid groups is 2. The number of aliphatic hydroxyl groups is 1. The summed E-state index contributed by atoms with van der Waals surface area (Å²) in [6.45, 7) is 14.1. The van der Waals surface area contributed by atoms with E-state index in [1.165, 1.54) is 154 Å². The number of unbranched alkanes of at least 4 members (excludes halogenated alkanes) is 32. The zero-order valence-corrected chi connectivity index (χ0v) is 60.6. The molecule has 0 saturated carbocycles. The van der Waals surface area contributed by atoms with E-state index in [9.17, 15) is 43.2 Å². The van der Waals surface area contributed by atoms with E-state index in [1.807, 2.05) is 0 Å². The molecule has 0 heterocycles. The largest absolute Gasteiger partial charge is 0.472 e. The molecular formula is C71H138O17P2. The summed E-state index contributed by atoms with van der Waals surface area (Å²) < 4.78 is 68.3. The number of carbonyl (C=O) groups is 4. The Morgan fingerprint density at radius 3 is 0.789 bits per heavy atom. The average Bonchev–Trinajstić information content (AvgIpc) is 2.86. The highest BCUT2D eigenvalue weighted by atomic mass is 31.2. The maximum Gasteiger partial charge on any atom is 0.472 e. The van der Waals surface area contributed by atoms with Crippen molar-refractivity contribution in [3.63, 3.8) is 0 Å². The number of hydrogen-bond donors (Lipinski definition) is 3. The molecule has 5 unspecified atom stereocenters. The van der Waals surface area contributed by atoms with Gasteiger partial charge >= 0.3 is 39.5 Å². The van der Waals surface area contributed by atoms with Crippen LogP contribution in [-0.4, -0.2) is 96.7 Å². The molecule has 0 aliphatic rings. The number of aliphatic hydroxyl groups excluding tert-OH is 1. The normalized spacial score (nSPS) is 14.9. The van der Waals surface area contributed by atoms with Crippen molar-refractivity contribution in [3.05, 3.63) is 0 Å². The van der Waals surface area contributed by atoms with Crippen molar-refractivity contribution >= 4 is 39.5 Å². The van der Waals surface area contributed by atoms with Gasteiger partial charge in [0.1, 0.15) is 19.3 Å². The van der Waals surface area contributed by atoms with Gasteiger partial charge in [-0.1, -0.05) is 299 Å². The van der Waals surface area contributed by atoms with Gasteiger partial charge in [-0.15, -0.1) is 0 Å². The van der Waals surface area contributed by atoms with Gasteiger partial charge in [-0.3, -0.25) is 37.3 Å². The second kappa shape index (κ2) is 60.7. The predicted octanol–water partition coefficient (Wildman–Crippen LogP) is 20.1. The summed E-state index contributed by atoms with van der Waals surface area (Å²) in [4.78, 5) is 72.6. The van der Waals surface area contributed by atoms with E-state index in [4.69, 9.17) is 37.0 Å². The Bertz CT molecular complexity index is 1790. The van der Waals surface area contributed by atoms with Crippen LogP contribution in [0.4, 0.5) is 0 Å². The third kappa shape index (κ3) is 62.2. The standard InChI is InChI=1S/C71H138O17P2/c1-9-63(7)49-41-33-25-15-11-13-17-27-35-43-51-68(73)81-57-66(87-70(75)53-45-37-29-18-14-12-16-26-34-42-50-64(8)10-2)59-85-89(77,78)83-55-65(72)56-84-90(79,80)86-60-67(88-71(76)54-46-38-30-22-20-24-32-40-48-62(5)6)58-82-69(74)52-44-36-28-21-19-23-31-39-47-61(3)4/h61-67,72H,9-60H2,1-8H3,(H,77,78)(H,79,80)/t63?,64?,65?,66-,67-/m1/s1. The summed E-state index contributed by atoms with van der Waals surface area (Å²) in [6.07, 6.45) is 42.9. The SMILES string of the molecule is CCC(C)CCCCCCCCCCCCC(=O)OC[C@H](COP(=O)(O)OCC(O)COP(=O)(O)OC[C@@H](COC(=O)CCCCCCCCCCC(C)C)OC(=O)CCCCCCCCCCC(C)C)OC(=O)CCCCCCCCCCCCC(C)CC. The van der Waals surface area contributed by atoms with E-state index in [0.29, 0.717) is 25.7 Å². The molecule has 534 valence electrons. The van der Waals surface area contributed by atoms with E-state index in [1.54, 1.807) is 0 Å². The van der Waals surface area contributed by atoms with Crippen LogP contribution in [0.5, 0.6) is 0 Å². The number of esters is 4. The quantitative estimate of drug-likeness (QED) is 0.0222. The summed E-state index contributed by atoms with van der Waals surface area (Å²) in [5, 5.41) is 10.6. The Kier molecular flexibility index (Phi) is 59.4. The minimum atomic E-state index is -4.95. The van der Waals surface area contributed by atoms with Crippen LogP contribution in [0.2, 0.25) is 0 Å². The number of rotatable bonds is 68. The first-order valence-electron chi connectivity index (χ1n) is 36.8. The summed E-state index contributed by atoms with van der Waals surface area (Å²) >= 11 is 0. The maximum absolute atomic E-state index is 13.0. The van der Waals surface area contributed by atoms with Gasteiger partial charge < -0.3 is 33.8 Å². The topological polar surface area (TPSA) is 237 Å². The lowest BCUT2D eigenvalue weighted by Crippen LogP contribution is -2.30. The highest BCUT2D eigenvalue weighted by molar-refractivity contribution is 7.47. The van der Waals surface area contributed by atoms with Crippen molar-refractivity contribution in [3.8, 4) is 0 Å². The molecule has 19 heteroatoms. The van der Waals surface area contributed by atoms with Crippen LogP contribution >= 0.6 is 15.6 Å². The van der Waals surface area contributed by atoms with E-state index in [-0.39, 0.29) is 25.7 Å². The Labute approximate surface area is 549 Å². The molecule has 0 aromatic rings. The fraction of sp³-hybridized carbons (Fsp3) is 0.944. The monoisotopic (exact) mass is 1320 g/mol. The van der Waals surface area contributed by atoms with Crippen LogP contribution in [0.15, 0.2) is 0 Å². The summed E-state index contributed by atoms with van der Waals surface area (Å²) in [7, 11) is -9.90. The number of carbonyl (C=O) groups excluding carboxylic acids is 4. The van der Waals surface area contributed by atoms with Crippen LogP contribution in [-0.2, 0) is 65.4 Å². The van der Waals surface area contributed by atoms with Crippen LogP contribution in [0.25, 0.3) is 0 Å². The van der Waals surface area contributed by atoms with E-state index in [2.05, 4.69) is 55.4 Å². The fourth-order valence-electron chi connectivity index (χ4n) is 10.6. The van der Waals surface area contributed by atoms with Crippen molar-refractivity contribution < 1.29 is 80.2 Å². The van der Waals surface area contributed by atoms with Crippen molar-refractivity contribution in [2.24, 2.45) is 23.7 Å². The van der Waals surface area contributed by atoms with E-state index in [0.717, 1.165) is 114 Å². The highest BCUT2D eigenvalue weighted by Gasteiger charge is 2.30. The molecule has 0 saturated heterocycles. The number of ether oxygens (including phenoxy) is 4. The second-order valence-electron chi connectivity index (χ2n) is 27.1. The second-order valence-corrected chi connectivity index (χ2v) is 30.0. The van der Waals surface area contributed by atoms with Crippen LogP contribution in [0, 0.1) is 23.7 Å². The smallest absolute Gasteiger partial charge is 0.462 e. The minimum absolute atomic E-state index is 0.103. The molecule has 0 aromatic heterocycles. The van der Waals surface area contributed by atoms with Gasteiger partial charge in [-0.25, -0.2) is 9.13 Å². The molecule has 0 aromatic carbocycles. The lowest BCUT2D eigenvalue weighted by molar-refractivity contribution is -0.161. The van der Waals surface area contributed by atoms with Gasteiger partial charge in [0.25, 0.3) is 0 Å². The molecule has 0 amide bonds. The molecule has 0 aliphatic heterocycles. The van der Waals surface area contributed by atoms with Crippen molar-refractivity contribution in [2.45, 2.75) is 369 Å². The van der Waals surface area contributed by atoms with Crippen molar-refractivity contribution in [1.29, 1.82) is 0 Å². The van der Waals surface area contributed by atoms with Crippen molar-refractivity contribution in [1.82, 2.24) is 0 Å². The van der Waals surface area contributed by atoms with Gasteiger partial charge in [0.2, 0.25) is 0 Å². The Hall–Kier alpha value is -1.94. The highest BCUT2D eigenvalue weighted by Crippen LogP contribution is 2.45. The summed E-state index contributed by atoms with van der Waals surface area (Å²) in [5.74, 6) is 0.928. The predicted molar refractivity (Wildman–Crippen MR) is 363 cm³/mol. The van der Waals surface area contributed by atoms with Crippen LogP contribution in [0.1, 0.15) is 351 Å². The van der Waals surface area contributed by atoms with Gasteiger partial charge in [0.05, 0.1) is 26.4 Å². The molecule has 0 rings (SSSR count). The molecule has 0 radical (unpaired) electrons. The molecule has 7 atom stereocenters. The lowest BCUT2D eigenvalue weighted by atomic mass is 9.99. The first-order chi connectivity index (χ1) is 43.2. The Balaban J connectivity index is 5.27. The van der Waals surface area contributed by atoms with E-state index < -0.39 is 97.5 Å². The van der Waals surface area contributed by atoms with Gasteiger partial charge in [-0.05, 0) is 49.4 Å². The Morgan fingerprint density at radius 2 is 0.533 bits per heavy atom. The third-order valence-corrected chi connectivity index (χ3v) is 18.9. The number of hydrogen-bond acceptors (Lipinski definition) is 15. The Morgan fingerprint density at radius 1 is 0.311 bits per heavy atom. The summed E-state index contributed by atoms with van der Waals surface area (Å²) in [6, 6.07) is 0. The maximum atomic E-state index is 13.0. The fourth-order valence-corrected chi connectivity index (χ4v) is 12.2. The molecular weight excluding hydrogens is 1190 g/mol.